The van der Waals surface area contributed by atoms with Crippen molar-refractivity contribution < 1.29 is 8.42 Å². The quantitative estimate of drug-likeness (QED) is 0.648. The summed E-state index contributed by atoms with van der Waals surface area (Å²) in [5.74, 6) is 0.0288. The smallest absolute Gasteiger partial charge is 0.236 e. The van der Waals surface area contributed by atoms with Crippen LogP contribution in [0.3, 0.4) is 0 Å². The summed E-state index contributed by atoms with van der Waals surface area (Å²) in [6, 6.07) is 12.5. The summed E-state index contributed by atoms with van der Waals surface area (Å²) in [4.78, 5) is 0. The van der Waals surface area contributed by atoms with Gasteiger partial charge < -0.3 is 0 Å². The van der Waals surface area contributed by atoms with Crippen LogP contribution in [0.5, 0.6) is 0 Å². The first kappa shape index (κ1) is 19.1. The molecule has 0 saturated heterocycles. The Kier molecular flexibility index (Phi) is 5.53. The van der Waals surface area contributed by atoms with E-state index in [1.54, 1.807) is 16.9 Å². The van der Waals surface area contributed by atoms with Gasteiger partial charge in [0.15, 0.2) is 0 Å². The van der Waals surface area contributed by atoms with Crippen molar-refractivity contribution in [2.75, 3.05) is 0 Å². The Morgan fingerprint density at radius 1 is 1.12 bits per heavy atom. The number of aromatic nitrogens is 2. The summed E-state index contributed by atoms with van der Waals surface area (Å²) in [7, 11) is -3.67. The first-order valence-electron chi connectivity index (χ1n) is 8.16. The van der Waals surface area contributed by atoms with Crippen LogP contribution in [0.4, 0.5) is 0 Å². The van der Waals surface area contributed by atoms with E-state index in [4.69, 9.17) is 11.6 Å². The second-order valence-corrected chi connectivity index (χ2v) is 10.1. The Morgan fingerprint density at radius 2 is 1.81 bits per heavy atom. The molecule has 0 bridgehead atoms. The van der Waals surface area contributed by atoms with E-state index in [-0.39, 0.29) is 10.1 Å². The number of sulfonamides is 1. The van der Waals surface area contributed by atoms with E-state index < -0.39 is 16.1 Å². The molecule has 8 heteroatoms. The highest BCUT2D eigenvalue weighted by molar-refractivity contribution is 7.91. The molecule has 0 unspecified atom stereocenters. The SMILES string of the molecule is Cc1ccc(-n2nccc2[C@H](NS(=O)(=O)c2ccc(Cl)s2)C(C)C)cc1. The summed E-state index contributed by atoms with van der Waals surface area (Å²) in [5.41, 5.74) is 2.83. The van der Waals surface area contributed by atoms with Gasteiger partial charge in [-0.1, -0.05) is 43.1 Å². The molecule has 138 valence electrons. The number of halogens is 1. The van der Waals surface area contributed by atoms with Gasteiger partial charge in [0.2, 0.25) is 0 Å². The molecule has 1 atom stereocenters. The van der Waals surface area contributed by atoms with E-state index in [0.29, 0.717) is 4.34 Å². The van der Waals surface area contributed by atoms with Gasteiger partial charge in [0.25, 0.3) is 10.0 Å². The molecule has 5 nitrogen and oxygen atoms in total. The lowest BCUT2D eigenvalue weighted by Gasteiger charge is -2.23. The van der Waals surface area contributed by atoms with E-state index in [0.717, 1.165) is 28.3 Å². The van der Waals surface area contributed by atoms with Crippen molar-refractivity contribution in [3.63, 3.8) is 0 Å². The molecule has 0 aliphatic rings. The first-order chi connectivity index (χ1) is 12.3. The van der Waals surface area contributed by atoms with Gasteiger partial charge in [0.05, 0.1) is 21.8 Å². The van der Waals surface area contributed by atoms with Gasteiger partial charge in [0, 0.05) is 6.20 Å². The Hall–Kier alpha value is -1.67. The van der Waals surface area contributed by atoms with E-state index in [9.17, 15) is 8.42 Å². The van der Waals surface area contributed by atoms with Crippen LogP contribution in [0.1, 0.15) is 31.1 Å². The van der Waals surface area contributed by atoms with E-state index in [1.807, 2.05) is 51.1 Å². The van der Waals surface area contributed by atoms with Crippen molar-refractivity contribution in [3.05, 3.63) is 64.3 Å². The van der Waals surface area contributed by atoms with Gasteiger partial charge in [-0.2, -0.15) is 5.10 Å². The van der Waals surface area contributed by atoms with Crippen LogP contribution in [-0.2, 0) is 10.0 Å². The van der Waals surface area contributed by atoms with Crippen molar-refractivity contribution in [3.8, 4) is 5.69 Å². The molecule has 3 aromatic rings. The molecule has 2 heterocycles. The molecule has 0 amide bonds. The summed E-state index contributed by atoms with van der Waals surface area (Å²) in [5, 5.41) is 4.39. The highest BCUT2D eigenvalue weighted by Crippen LogP contribution is 2.30. The van der Waals surface area contributed by atoms with Crippen LogP contribution in [-0.4, -0.2) is 18.2 Å². The second kappa shape index (κ2) is 7.52. The molecule has 1 aromatic carbocycles. The number of aryl methyl sites for hydroxylation is 1. The van der Waals surface area contributed by atoms with Crippen molar-refractivity contribution in [2.24, 2.45) is 5.92 Å². The molecule has 26 heavy (non-hydrogen) atoms. The largest absolute Gasteiger partial charge is 0.250 e. The Morgan fingerprint density at radius 3 is 2.38 bits per heavy atom. The number of nitrogens with zero attached hydrogens (tertiary/aromatic N) is 2. The highest BCUT2D eigenvalue weighted by atomic mass is 35.5. The summed E-state index contributed by atoms with van der Waals surface area (Å²) >= 11 is 6.94. The van der Waals surface area contributed by atoms with Gasteiger partial charge in [0.1, 0.15) is 4.21 Å². The maximum absolute atomic E-state index is 12.8. The van der Waals surface area contributed by atoms with Crippen LogP contribution in [0.15, 0.2) is 52.9 Å². The van der Waals surface area contributed by atoms with Gasteiger partial charge in [-0.3, -0.25) is 0 Å². The average Bonchev–Trinajstić information content (AvgIpc) is 3.22. The maximum atomic E-state index is 12.8. The Bertz CT molecular complexity index is 992. The molecule has 0 aliphatic heterocycles. The average molecular weight is 410 g/mol. The van der Waals surface area contributed by atoms with E-state index in [1.165, 1.54) is 6.07 Å². The van der Waals surface area contributed by atoms with Gasteiger partial charge in [-0.25, -0.2) is 17.8 Å². The predicted molar refractivity (Wildman–Crippen MR) is 106 cm³/mol. The van der Waals surface area contributed by atoms with Crippen molar-refractivity contribution >= 4 is 33.0 Å². The minimum Gasteiger partial charge on any atom is -0.236 e. The van der Waals surface area contributed by atoms with Gasteiger partial charge in [-0.15, -0.1) is 11.3 Å². The molecule has 0 aliphatic carbocycles. The lowest BCUT2D eigenvalue weighted by molar-refractivity contribution is 0.446. The number of rotatable bonds is 6. The summed E-state index contributed by atoms with van der Waals surface area (Å²) < 4.78 is 30.7. The fraction of sp³-hybridized carbons (Fsp3) is 0.278. The predicted octanol–water partition coefficient (Wildman–Crippen LogP) is 4.57. The number of thiophene rings is 1. The summed E-state index contributed by atoms with van der Waals surface area (Å²) in [6.07, 6.45) is 1.68. The second-order valence-electron chi connectivity index (χ2n) is 6.40. The molecular weight excluding hydrogens is 390 g/mol. The molecule has 0 radical (unpaired) electrons. The lowest BCUT2D eigenvalue weighted by Crippen LogP contribution is -2.32. The van der Waals surface area contributed by atoms with Gasteiger partial charge >= 0.3 is 0 Å². The minimum absolute atomic E-state index is 0.0288. The zero-order valence-electron chi connectivity index (χ0n) is 14.7. The van der Waals surface area contributed by atoms with Crippen LogP contribution in [0, 0.1) is 12.8 Å². The molecule has 0 fully saturated rings. The van der Waals surface area contributed by atoms with E-state index in [2.05, 4.69) is 9.82 Å². The maximum Gasteiger partial charge on any atom is 0.250 e. The van der Waals surface area contributed by atoms with E-state index >= 15 is 0 Å². The third kappa shape index (κ3) is 4.01. The highest BCUT2D eigenvalue weighted by Gasteiger charge is 2.27. The topological polar surface area (TPSA) is 64.0 Å². The number of benzene rings is 1. The van der Waals surface area contributed by atoms with Crippen LogP contribution in [0.2, 0.25) is 4.34 Å². The third-order valence-corrected chi connectivity index (χ3v) is 7.20. The van der Waals surface area contributed by atoms with Crippen molar-refractivity contribution in [1.82, 2.24) is 14.5 Å². The third-order valence-electron chi connectivity index (χ3n) is 4.03. The standard InChI is InChI=1S/C18H20ClN3O2S2/c1-12(2)18(21-26(23,24)17-9-8-16(19)25-17)15-10-11-20-22(15)14-6-4-13(3)5-7-14/h4-12,18,21H,1-3H3/t18-/m1/s1. The van der Waals surface area contributed by atoms with Gasteiger partial charge in [-0.05, 0) is 43.2 Å². The van der Waals surface area contributed by atoms with Crippen LogP contribution >= 0.6 is 22.9 Å². The zero-order chi connectivity index (χ0) is 18.9. The molecule has 3 rings (SSSR count). The fourth-order valence-electron chi connectivity index (χ4n) is 2.66. The van der Waals surface area contributed by atoms with Crippen LogP contribution in [0.25, 0.3) is 5.69 Å². The number of hydrogen-bond donors (Lipinski definition) is 1. The minimum atomic E-state index is -3.67. The molecule has 2 aromatic heterocycles. The Balaban J connectivity index is 1.97. The molecular formula is C18H20ClN3O2S2. The number of nitrogens with one attached hydrogen (secondary N) is 1. The van der Waals surface area contributed by atoms with Crippen LogP contribution < -0.4 is 4.72 Å². The Labute approximate surface area is 162 Å². The van der Waals surface area contributed by atoms with Crippen molar-refractivity contribution in [1.29, 1.82) is 0 Å². The summed E-state index contributed by atoms with van der Waals surface area (Å²) in [6.45, 7) is 5.97. The van der Waals surface area contributed by atoms with Crippen molar-refractivity contribution in [2.45, 2.75) is 31.0 Å². The first-order valence-corrected chi connectivity index (χ1v) is 10.8. The molecule has 0 spiro atoms. The molecule has 1 N–H and O–H groups in total. The monoisotopic (exact) mass is 409 g/mol. The molecule has 0 saturated carbocycles. The lowest BCUT2D eigenvalue weighted by atomic mass is 10.0. The fourth-order valence-corrected chi connectivity index (χ4v) is 5.51. The zero-order valence-corrected chi connectivity index (χ0v) is 17.1. The number of hydrogen-bond acceptors (Lipinski definition) is 4. The normalized spacial score (nSPS) is 13.3.